The number of hydrogen-bond donors (Lipinski definition) is 1. The zero-order valence-corrected chi connectivity index (χ0v) is 18.5. The van der Waals surface area contributed by atoms with Crippen LogP contribution < -0.4 is 0 Å². The Balaban J connectivity index is 2.32. The lowest BCUT2D eigenvalue weighted by Crippen LogP contribution is -2.39. The number of nitrogens with one attached hydrogen (secondary N) is 1. The maximum atomic E-state index is 13.4. The molecule has 29 heavy (non-hydrogen) atoms. The Morgan fingerprint density at radius 1 is 1.28 bits per heavy atom. The molecule has 156 valence electrons. The van der Waals surface area contributed by atoms with Crippen molar-refractivity contribution in [2.45, 2.75) is 60.4 Å². The van der Waals surface area contributed by atoms with Crippen LogP contribution in [-0.4, -0.2) is 27.3 Å². The van der Waals surface area contributed by atoms with Crippen LogP contribution in [0, 0.1) is 0 Å². The van der Waals surface area contributed by atoms with E-state index in [1.165, 1.54) is 0 Å². The van der Waals surface area contributed by atoms with E-state index in [0.29, 0.717) is 18.8 Å². The van der Waals surface area contributed by atoms with Crippen LogP contribution in [0.3, 0.4) is 0 Å². The molecule has 1 amide bonds. The summed E-state index contributed by atoms with van der Waals surface area (Å²) in [5.74, 6) is 1.24. The maximum Gasteiger partial charge on any atom is 0.289 e. The number of fused-ring (bicyclic) bond motifs is 1. The van der Waals surface area contributed by atoms with Gasteiger partial charge in [-0.05, 0) is 50.8 Å². The van der Waals surface area contributed by atoms with E-state index in [0.717, 1.165) is 40.3 Å². The van der Waals surface area contributed by atoms with Crippen LogP contribution in [0.1, 0.15) is 65.3 Å². The number of carbonyl (C=O) groups is 1. The van der Waals surface area contributed by atoms with Crippen LogP contribution in [0.4, 0.5) is 0 Å². The number of amides is 1. The fraction of sp³-hybridized carbons (Fsp3) is 0.417. The van der Waals surface area contributed by atoms with Gasteiger partial charge < -0.3 is 14.6 Å². The summed E-state index contributed by atoms with van der Waals surface area (Å²) in [6.45, 7) is 16.8. The fourth-order valence-electron chi connectivity index (χ4n) is 3.41. The molecule has 1 aliphatic rings. The van der Waals surface area contributed by atoms with Gasteiger partial charge in [0.15, 0.2) is 5.76 Å². The van der Waals surface area contributed by atoms with Crippen LogP contribution in [0.15, 0.2) is 65.4 Å². The standard InChI is InChI=1S/C24H33N3O2/c1-8-10-11-12-19(9-2)22(16(3)4)29-23(17(5)6)24(28)27-13-18(7)21-20(14-27)25-15-26-21/h8,10-12,15,18H,1,9,13-14H2,2-7H3,(H,25,26)/b11-10-,19-12+. The van der Waals surface area contributed by atoms with E-state index < -0.39 is 0 Å². The van der Waals surface area contributed by atoms with Gasteiger partial charge >= 0.3 is 0 Å². The summed E-state index contributed by atoms with van der Waals surface area (Å²) in [7, 11) is 0. The molecule has 5 nitrogen and oxygen atoms in total. The van der Waals surface area contributed by atoms with Gasteiger partial charge in [-0.25, -0.2) is 4.98 Å². The third-order valence-electron chi connectivity index (χ3n) is 4.87. The molecule has 0 saturated carbocycles. The number of imidazole rings is 1. The van der Waals surface area contributed by atoms with E-state index in [2.05, 4.69) is 30.4 Å². The lowest BCUT2D eigenvalue weighted by Gasteiger charge is -2.31. The van der Waals surface area contributed by atoms with Crippen molar-refractivity contribution in [1.82, 2.24) is 14.9 Å². The van der Waals surface area contributed by atoms with Crippen molar-refractivity contribution < 1.29 is 9.53 Å². The van der Waals surface area contributed by atoms with E-state index in [1.807, 2.05) is 50.8 Å². The first-order valence-electron chi connectivity index (χ1n) is 10.1. The number of hydrogen-bond acceptors (Lipinski definition) is 3. The Labute approximate surface area is 174 Å². The van der Waals surface area contributed by atoms with Gasteiger partial charge in [-0.1, -0.05) is 44.7 Å². The Hall–Kier alpha value is -2.82. The lowest BCUT2D eigenvalue weighted by atomic mass is 10.0. The van der Waals surface area contributed by atoms with Crippen molar-refractivity contribution in [2.24, 2.45) is 0 Å². The Morgan fingerprint density at radius 3 is 2.55 bits per heavy atom. The van der Waals surface area contributed by atoms with Gasteiger partial charge in [-0.2, -0.15) is 0 Å². The average molecular weight is 396 g/mol. The zero-order valence-electron chi connectivity index (χ0n) is 18.5. The third-order valence-corrected chi connectivity index (χ3v) is 4.87. The van der Waals surface area contributed by atoms with E-state index in [1.54, 1.807) is 12.4 Å². The minimum atomic E-state index is -0.0899. The first kappa shape index (κ1) is 22.5. The topological polar surface area (TPSA) is 58.2 Å². The van der Waals surface area contributed by atoms with Gasteiger partial charge in [0.1, 0.15) is 5.76 Å². The highest BCUT2D eigenvalue weighted by Crippen LogP contribution is 2.29. The summed E-state index contributed by atoms with van der Waals surface area (Å²) in [4.78, 5) is 22.8. The number of allylic oxidation sites excluding steroid dienone is 7. The van der Waals surface area contributed by atoms with Crippen molar-refractivity contribution in [1.29, 1.82) is 0 Å². The Bertz CT molecular complexity index is 876. The summed E-state index contributed by atoms with van der Waals surface area (Å²) >= 11 is 0. The maximum absolute atomic E-state index is 13.4. The van der Waals surface area contributed by atoms with E-state index in [4.69, 9.17) is 4.74 Å². The fourth-order valence-corrected chi connectivity index (χ4v) is 3.41. The monoisotopic (exact) mass is 395 g/mol. The largest absolute Gasteiger partial charge is 0.451 e. The molecule has 0 fully saturated rings. The quantitative estimate of drug-likeness (QED) is 0.375. The minimum absolute atomic E-state index is 0.0899. The van der Waals surface area contributed by atoms with Crippen molar-refractivity contribution >= 4 is 5.91 Å². The van der Waals surface area contributed by atoms with Crippen LogP contribution in [0.2, 0.25) is 0 Å². The Morgan fingerprint density at radius 2 is 1.97 bits per heavy atom. The van der Waals surface area contributed by atoms with E-state index in [9.17, 15) is 4.79 Å². The molecule has 5 heteroatoms. The second kappa shape index (κ2) is 10.1. The summed E-state index contributed by atoms with van der Waals surface area (Å²) in [6.07, 6.45) is 10.1. The number of ether oxygens (including phenoxy) is 1. The molecule has 0 saturated heterocycles. The predicted molar refractivity (Wildman–Crippen MR) is 118 cm³/mol. The SMILES string of the molecule is C=C/C=C\C=C(/CC)C(OC(C(=O)N1Cc2[nH]cnc2C(C)C1)=C(C)C)=C(C)C. The molecule has 1 aliphatic heterocycles. The van der Waals surface area contributed by atoms with Crippen molar-refractivity contribution in [3.63, 3.8) is 0 Å². The number of H-pyrrole nitrogens is 1. The van der Waals surface area contributed by atoms with Crippen molar-refractivity contribution in [3.05, 3.63) is 76.8 Å². The molecular formula is C24H33N3O2. The van der Waals surface area contributed by atoms with Crippen molar-refractivity contribution in [3.8, 4) is 0 Å². The van der Waals surface area contributed by atoms with Crippen molar-refractivity contribution in [2.75, 3.05) is 6.54 Å². The summed E-state index contributed by atoms with van der Waals surface area (Å²) in [5, 5.41) is 0. The highest BCUT2D eigenvalue weighted by Gasteiger charge is 2.31. The van der Waals surface area contributed by atoms with Gasteiger partial charge in [-0.3, -0.25) is 4.79 Å². The minimum Gasteiger partial charge on any atom is -0.451 e. The van der Waals surface area contributed by atoms with Gasteiger partial charge in [0, 0.05) is 12.5 Å². The number of nitrogens with zero attached hydrogens (tertiary/aromatic N) is 2. The molecule has 0 radical (unpaired) electrons. The first-order chi connectivity index (χ1) is 13.8. The molecule has 1 N–H and O–H groups in total. The molecule has 0 bridgehead atoms. The van der Waals surface area contributed by atoms with Crippen LogP contribution in [0.5, 0.6) is 0 Å². The summed E-state index contributed by atoms with van der Waals surface area (Å²) in [5.41, 5.74) is 4.96. The molecule has 1 unspecified atom stereocenters. The average Bonchev–Trinajstić information content (AvgIpc) is 3.15. The van der Waals surface area contributed by atoms with Crippen LogP contribution in [0.25, 0.3) is 0 Å². The third kappa shape index (κ3) is 5.37. The second-order valence-corrected chi connectivity index (χ2v) is 7.78. The number of carbonyl (C=O) groups excluding carboxylic acids is 1. The molecule has 1 atom stereocenters. The molecule has 1 aromatic heterocycles. The van der Waals surface area contributed by atoms with Crippen LogP contribution in [-0.2, 0) is 16.1 Å². The number of aromatic nitrogens is 2. The molecule has 0 spiro atoms. The summed E-state index contributed by atoms with van der Waals surface area (Å²) in [6, 6.07) is 0. The van der Waals surface area contributed by atoms with E-state index >= 15 is 0 Å². The van der Waals surface area contributed by atoms with Gasteiger partial charge in [-0.15, -0.1) is 0 Å². The highest BCUT2D eigenvalue weighted by atomic mass is 16.5. The molecule has 2 rings (SSSR count). The highest BCUT2D eigenvalue weighted by molar-refractivity contribution is 5.92. The molecule has 2 heterocycles. The number of rotatable bonds is 7. The molecule has 0 aromatic carbocycles. The Kier molecular flexibility index (Phi) is 7.82. The number of aromatic amines is 1. The molecular weight excluding hydrogens is 362 g/mol. The smallest absolute Gasteiger partial charge is 0.289 e. The van der Waals surface area contributed by atoms with E-state index in [-0.39, 0.29) is 11.8 Å². The van der Waals surface area contributed by atoms with Gasteiger partial charge in [0.2, 0.25) is 0 Å². The molecule has 1 aromatic rings. The second-order valence-electron chi connectivity index (χ2n) is 7.78. The summed E-state index contributed by atoms with van der Waals surface area (Å²) < 4.78 is 6.29. The molecule has 0 aliphatic carbocycles. The lowest BCUT2D eigenvalue weighted by molar-refractivity contribution is -0.131. The zero-order chi connectivity index (χ0) is 21.6. The van der Waals surface area contributed by atoms with Gasteiger partial charge in [0.05, 0.1) is 24.3 Å². The van der Waals surface area contributed by atoms with Gasteiger partial charge in [0.25, 0.3) is 5.91 Å². The van der Waals surface area contributed by atoms with Crippen LogP contribution >= 0.6 is 0 Å². The normalized spacial score (nSPS) is 16.4. The first-order valence-corrected chi connectivity index (χ1v) is 10.1. The predicted octanol–water partition coefficient (Wildman–Crippen LogP) is 5.54.